The maximum Gasteiger partial charge on any atom is 0.417 e. The van der Waals surface area contributed by atoms with Crippen LogP contribution in [0.15, 0.2) is 78.9 Å². The molecule has 0 amide bonds. The third-order valence-electron chi connectivity index (χ3n) is 4.69. The second-order valence-electron chi connectivity index (χ2n) is 6.68. The first-order valence-electron chi connectivity index (χ1n) is 9.51. The number of benzene rings is 3. The molecule has 0 aliphatic carbocycles. The molecular weight excluding hydrogens is 387 g/mol. The number of aryl methyl sites for hydroxylation is 1. The largest absolute Gasteiger partial charge is 0.487 e. The quantitative estimate of drug-likeness (QED) is 0.254. The van der Waals surface area contributed by atoms with E-state index in [2.05, 4.69) is 6.07 Å². The minimum absolute atomic E-state index is 0.0423. The summed E-state index contributed by atoms with van der Waals surface area (Å²) in [4.78, 5) is 0. The predicted octanol–water partition coefficient (Wildman–Crippen LogP) is 6.88. The molecule has 5 heteroatoms. The zero-order valence-electron chi connectivity index (χ0n) is 16.4. The molecule has 0 bridgehead atoms. The van der Waals surface area contributed by atoms with Gasteiger partial charge in [-0.2, -0.15) is 18.4 Å². The third kappa shape index (κ3) is 4.90. The van der Waals surface area contributed by atoms with Gasteiger partial charge in [-0.05, 0) is 29.2 Å². The molecule has 2 nitrogen and oxygen atoms in total. The highest BCUT2D eigenvalue weighted by atomic mass is 19.4. The number of halogens is 3. The first kappa shape index (κ1) is 21.2. The lowest BCUT2D eigenvalue weighted by Gasteiger charge is -2.18. The summed E-state index contributed by atoms with van der Waals surface area (Å²) in [7, 11) is 0. The third-order valence-corrected chi connectivity index (χ3v) is 4.69. The van der Waals surface area contributed by atoms with Crippen LogP contribution in [0.5, 0.6) is 0 Å². The first-order valence-corrected chi connectivity index (χ1v) is 9.51. The summed E-state index contributed by atoms with van der Waals surface area (Å²) >= 11 is 0. The maximum atomic E-state index is 13.7. The van der Waals surface area contributed by atoms with Crippen LogP contribution >= 0.6 is 0 Å². The highest BCUT2D eigenvalue weighted by Gasteiger charge is 2.35. The lowest BCUT2D eigenvalue weighted by Crippen LogP contribution is -2.10. The fourth-order valence-electron chi connectivity index (χ4n) is 3.10. The van der Waals surface area contributed by atoms with E-state index in [-0.39, 0.29) is 23.5 Å². The highest BCUT2D eigenvalue weighted by molar-refractivity contribution is 5.95. The number of rotatable bonds is 6. The number of nitriles is 1. The van der Waals surface area contributed by atoms with Crippen LogP contribution in [-0.4, -0.2) is 0 Å². The minimum Gasteiger partial charge on any atom is -0.487 e. The van der Waals surface area contributed by atoms with Crippen molar-refractivity contribution in [3.8, 4) is 6.07 Å². The van der Waals surface area contributed by atoms with Crippen molar-refractivity contribution in [3.63, 3.8) is 0 Å². The van der Waals surface area contributed by atoms with Crippen molar-refractivity contribution in [1.29, 1.82) is 5.26 Å². The van der Waals surface area contributed by atoms with Crippen molar-refractivity contribution in [3.05, 3.63) is 107 Å². The molecule has 0 N–H and O–H groups in total. The second-order valence-corrected chi connectivity index (χ2v) is 6.68. The maximum absolute atomic E-state index is 13.7. The Morgan fingerprint density at radius 3 is 2.10 bits per heavy atom. The molecule has 0 aliphatic rings. The molecule has 0 saturated carbocycles. The average Bonchev–Trinajstić information content (AvgIpc) is 2.77. The van der Waals surface area contributed by atoms with Gasteiger partial charge in [0.1, 0.15) is 24.0 Å². The Morgan fingerprint density at radius 1 is 0.867 bits per heavy atom. The summed E-state index contributed by atoms with van der Waals surface area (Å²) in [6, 6.07) is 23.5. The molecule has 0 saturated heterocycles. The van der Waals surface area contributed by atoms with Gasteiger partial charge in [-0.3, -0.25) is 0 Å². The van der Waals surface area contributed by atoms with E-state index in [0.29, 0.717) is 5.56 Å². The van der Waals surface area contributed by atoms with Gasteiger partial charge in [0, 0.05) is 5.56 Å². The molecule has 0 spiro atoms. The lowest BCUT2D eigenvalue weighted by atomic mass is 9.97. The van der Waals surface area contributed by atoms with Crippen molar-refractivity contribution < 1.29 is 17.9 Å². The van der Waals surface area contributed by atoms with Crippen LogP contribution in [0.2, 0.25) is 0 Å². The van der Waals surface area contributed by atoms with E-state index in [9.17, 15) is 18.4 Å². The van der Waals surface area contributed by atoms with Crippen molar-refractivity contribution in [2.45, 2.75) is 26.1 Å². The van der Waals surface area contributed by atoms with Gasteiger partial charge in [0.2, 0.25) is 0 Å². The molecule has 30 heavy (non-hydrogen) atoms. The summed E-state index contributed by atoms with van der Waals surface area (Å²) in [5.41, 5.74) is 1.43. The van der Waals surface area contributed by atoms with E-state index < -0.39 is 11.7 Å². The van der Waals surface area contributed by atoms with Crippen LogP contribution in [0, 0.1) is 11.3 Å². The first-order chi connectivity index (χ1) is 14.4. The molecule has 0 heterocycles. The lowest BCUT2D eigenvalue weighted by molar-refractivity contribution is -0.137. The molecule has 0 radical (unpaired) electrons. The van der Waals surface area contributed by atoms with E-state index in [1.54, 1.807) is 12.1 Å². The predicted molar refractivity (Wildman–Crippen MR) is 111 cm³/mol. The van der Waals surface area contributed by atoms with Crippen LogP contribution in [-0.2, 0) is 23.9 Å². The minimum atomic E-state index is -4.58. The molecular formula is C25H20F3NO. The van der Waals surface area contributed by atoms with Crippen molar-refractivity contribution >= 4 is 11.3 Å². The van der Waals surface area contributed by atoms with E-state index >= 15 is 0 Å². The van der Waals surface area contributed by atoms with Gasteiger partial charge >= 0.3 is 6.18 Å². The summed E-state index contributed by atoms with van der Waals surface area (Å²) < 4.78 is 46.9. The van der Waals surface area contributed by atoms with E-state index in [4.69, 9.17) is 4.74 Å². The van der Waals surface area contributed by atoms with Crippen LogP contribution < -0.4 is 0 Å². The average molecular weight is 407 g/mol. The summed E-state index contributed by atoms with van der Waals surface area (Å²) in [5, 5.41) is 9.86. The zero-order valence-corrected chi connectivity index (χ0v) is 16.4. The molecule has 0 unspecified atom stereocenters. The fourth-order valence-corrected chi connectivity index (χ4v) is 3.10. The summed E-state index contributed by atoms with van der Waals surface area (Å²) in [6.45, 7) is 2.05. The number of alkyl halides is 3. The molecule has 3 aromatic carbocycles. The molecule has 3 aromatic rings. The van der Waals surface area contributed by atoms with Gasteiger partial charge in [0.25, 0.3) is 0 Å². The van der Waals surface area contributed by atoms with E-state index in [0.717, 1.165) is 23.6 Å². The van der Waals surface area contributed by atoms with Crippen molar-refractivity contribution in [2.75, 3.05) is 0 Å². The van der Waals surface area contributed by atoms with Gasteiger partial charge < -0.3 is 4.74 Å². The Labute approximate surface area is 173 Å². The topological polar surface area (TPSA) is 33.0 Å². The summed E-state index contributed by atoms with van der Waals surface area (Å²) in [6.07, 6.45) is -3.76. The Morgan fingerprint density at radius 2 is 1.50 bits per heavy atom. The summed E-state index contributed by atoms with van der Waals surface area (Å²) in [5.74, 6) is -0.0847. The van der Waals surface area contributed by atoms with Crippen molar-refractivity contribution in [1.82, 2.24) is 0 Å². The molecule has 152 valence electrons. The van der Waals surface area contributed by atoms with E-state index in [1.165, 1.54) is 18.2 Å². The molecule has 0 aromatic heterocycles. The van der Waals surface area contributed by atoms with Crippen LogP contribution in [0.25, 0.3) is 11.3 Å². The van der Waals surface area contributed by atoms with Crippen LogP contribution in [0.4, 0.5) is 13.2 Å². The Kier molecular flexibility index (Phi) is 6.58. The molecule has 0 aliphatic heterocycles. The Hall–Kier alpha value is -3.52. The SMILES string of the molecule is CCc1ccc(C(C#N)=C(OCc2ccccc2)c2ccccc2C(F)(F)F)cc1. The normalized spacial score (nSPS) is 12.1. The van der Waals surface area contributed by atoms with E-state index in [1.807, 2.05) is 49.4 Å². The van der Waals surface area contributed by atoms with Gasteiger partial charge in [0.15, 0.2) is 0 Å². The highest BCUT2D eigenvalue weighted by Crippen LogP contribution is 2.38. The van der Waals surface area contributed by atoms with Gasteiger partial charge in [-0.15, -0.1) is 0 Å². The number of ether oxygens (including phenoxy) is 1. The monoisotopic (exact) mass is 407 g/mol. The zero-order chi connectivity index (χ0) is 21.6. The van der Waals surface area contributed by atoms with Crippen LogP contribution in [0.3, 0.4) is 0 Å². The number of nitrogens with zero attached hydrogens (tertiary/aromatic N) is 1. The molecule has 0 fully saturated rings. The van der Waals surface area contributed by atoms with Crippen LogP contribution in [0.1, 0.15) is 34.7 Å². The number of hydrogen-bond acceptors (Lipinski definition) is 2. The van der Waals surface area contributed by atoms with Gasteiger partial charge in [-0.1, -0.05) is 79.7 Å². The number of hydrogen-bond donors (Lipinski definition) is 0. The Bertz CT molecular complexity index is 1060. The van der Waals surface area contributed by atoms with Gasteiger partial charge in [-0.25, -0.2) is 0 Å². The Balaban J connectivity index is 2.16. The number of allylic oxidation sites excluding steroid dienone is 1. The van der Waals surface area contributed by atoms with Crippen molar-refractivity contribution in [2.24, 2.45) is 0 Å². The second kappa shape index (κ2) is 9.32. The standard InChI is InChI=1S/C25H20F3NO/c1-2-18-12-14-20(15-13-18)22(16-29)24(30-17-19-8-4-3-5-9-19)21-10-6-7-11-23(21)25(26,27)28/h3-15H,2,17H2,1H3. The fraction of sp³-hybridized carbons (Fsp3) is 0.160. The smallest absolute Gasteiger partial charge is 0.417 e. The van der Waals surface area contributed by atoms with Gasteiger partial charge in [0.05, 0.1) is 5.56 Å². The molecule has 0 atom stereocenters. The molecule has 3 rings (SSSR count).